The number of nitrogens with one attached hydrogen (secondary N) is 1. The number of rotatable bonds is 4. The number of carboxylic acids is 1. The van der Waals surface area contributed by atoms with Gasteiger partial charge in [0.05, 0.1) is 5.92 Å². The van der Waals surface area contributed by atoms with E-state index >= 15 is 0 Å². The zero-order valence-electron chi connectivity index (χ0n) is 16.1. The topological polar surface area (TPSA) is 86.7 Å². The molecule has 4 rings (SSSR count). The molecule has 1 heterocycles. The Bertz CT molecular complexity index is 955. The Kier molecular flexibility index (Phi) is 5.34. The fourth-order valence-corrected chi connectivity index (χ4v) is 4.39. The summed E-state index contributed by atoms with van der Waals surface area (Å²) in [6.07, 6.45) is 3.74. The van der Waals surface area contributed by atoms with Gasteiger partial charge in [0, 0.05) is 17.8 Å². The lowest BCUT2D eigenvalue weighted by molar-refractivity contribution is -0.143. The minimum absolute atomic E-state index is 0.0825. The molecule has 1 aliphatic carbocycles. The van der Waals surface area contributed by atoms with Crippen LogP contribution < -0.4 is 5.32 Å². The van der Waals surface area contributed by atoms with Crippen LogP contribution >= 0.6 is 0 Å². The Labute approximate surface area is 169 Å². The molecule has 2 aliphatic rings. The third-order valence-electron chi connectivity index (χ3n) is 5.88. The molecule has 2 aromatic rings. The molecule has 2 amide bonds. The molecule has 2 N–H and O–H groups in total. The van der Waals surface area contributed by atoms with Crippen LogP contribution in [-0.4, -0.2) is 40.4 Å². The van der Waals surface area contributed by atoms with Gasteiger partial charge in [-0.05, 0) is 61.4 Å². The summed E-state index contributed by atoms with van der Waals surface area (Å²) < 4.78 is 0. The third kappa shape index (κ3) is 3.88. The Morgan fingerprint density at radius 2 is 1.83 bits per heavy atom. The first-order valence-corrected chi connectivity index (χ1v) is 10.1. The van der Waals surface area contributed by atoms with Gasteiger partial charge in [0.25, 0.3) is 5.91 Å². The van der Waals surface area contributed by atoms with Crippen LogP contribution in [0.15, 0.2) is 48.5 Å². The number of nitrogens with zero attached hydrogens (tertiary/aromatic N) is 1. The number of hydrogen-bond acceptors (Lipinski definition) is 3. The Balaban J connectivity index is 1.50. The summed E-state index contributed by atoms with van der Waals surface area (Å²) >= 11 is 0. The SMILES string of the molecule is O=C(Nc1cccc(C(=O)N2CCCCC2C(=O)O)c1)C1CCc2ccccc21. The summed E-state index contributed by atoms with van der Waals surface area (Å²) in [5.41, 5.74) is 3.22. The van der Waals surface area contributed by atoms with Crippen molar-refractivity contribution in [2.45, 2.75) is 44.1 Å². The molecule has 0 aromatic heterocycles. The van der Waals surface area contributed by atoms with E-state index in [-0.39, 0.29) is 17.7 Å². The predicted molar refractivity (Wildman–Crippen MR) is 109 cm³/mol. The quantitative estimate of drug-likeness (QED) is 0.835. The first-order valence-electron chi connectivity index (χ1n) is 10.1. The molecule has 0 radical (unpaired) electrons. The van der Waals surface area contributed by atoms with E-state index in [0.717, 1.165) is 31.2 Å². The van der Waals surface area contributed by atoms with Crippen LogP contribution in [-0.2, 0) is 16.0 Å². The van der Waals surface area contributed by atoms with E-state index < -0.39 is 12.0 Å². The van der Waals surface area contributed by atoms with Crippen molar-refractivity contribution in [3.63, 3.8) is 0 Å². The maximum absolute atomic E-state index is 12.9. The predicted octanol–water partition coefficient (Wildman–Crippen LogP) is 3.43. The number of fused-ring (bicyclic) bond motifs is 1. The summed E-state index contributed by atoms with van der Waals surface area (Å²) in [4.78, 5) is 38.7. The molecule has 0 bridgehead atoms. The lowest BCUT2D eigenvalue weighted by atomic mass is 10.00. The molecule has 1 fully saturated rings. The summed E-state index contributed by atoms with van der Waals surface area (Å²) in [7, 11) is 0. The van der Waals surface area contributed by atoms with Gasteiger partial charge in [0.1, 0.15) is 6.04 Å². The first-order chi connectivity index (χ1) is 14.0. The second-order valence-electron chi connectivity index (χ2n) is 7.71. The van der Waals surface area contributed by atoms with E-state index in [2.05, 4.69) is 11.4 Å². The highest BCUT2D eigenvalue weighted by atomic mass is 16.4. The highest BCUT2D eigenvalue weighted by Gasteiger charge is 2.33. The monoisotopic (exact) mass is 392 g/mol. The summed E-state index contributed by atoms with van der Waals surface area (Å²) in [5, 5.41) is 12.4. The Morgan fingerprint density at radius 1 is 1.00 bits per heavy atom. The van der Waals surface area contributed by atoms with Gasteiger partial charge < -0.3 is 15.3 Å². The van der Waals surface area contributed by atoms with Crippen LogP contribution in [0.2, 0.25) is 0 Å². The van der Waals surface area contributed by atoms with E-state index in [4.69, 9.17) is 0 Å². The molecule has 2 unspecified atom stereocenters. The van der Waals surface area contributed by atoms with Crippen molar-refractivity contribution in [1.29, 1.82) is 0 Å². The normalized spacial score (nSPS) is 20.8. The fraction of sp³-hybridized carbons (Fsp3) is 0.348. The second kappa shape index (κ2) is 8.07. The molecule has 0 spiro atoms. The number of hydrogen-bond donors (Lipinski definition) is 2. The second-order valence-corrected chi connectivity index (χ2v) is 7.71. The largest absolute Gasteiger partial charge is 0.480 e. The van der Waals surface area contributed by atoms with Crippen molar-refractivity contribution in [2.75, 3.05) is 11.9 Å². The molecule has 29 heavy (non-hydrogen) atoms. The Hall–Kier alpha value is -3.15. The van der Waals surface area contributed by atoms with Crippen molar-refractivity contribution in [2.24, 2.45) is 0 Å². The molecule has 6 nitrogen and oxygen atoms in total. The third-order valence-corrected chi connectivity index (χ3v) is 5.88. The van der Waals surface area contributed by atoms with Crippen LogP contribution in [0.4, 0.5) is 5.69 Å². The number of anilines is 1. The number of amides is 2. The van der Waals surface area contributed by atoms with Gasteiger partial charge in [-0.2, -0.15) is 0 Å². The number of carboxylic acid groups (broad SMARTS) is 1. The number of likely N-dealkylation sites (tertiary alicyclic amines) is 1. The number of carbonyl (C=O) groups excluding carboxylic acids is 2. The highest BCUT2D eigenvalue weighted by Crippen LogP contribution is 2.33. The number of aryl methyl sites for hydroxylation is 1. The highest BCUT2D eigenvalue weighted by molar-refractivity contribution is 6.00. The average Bonchev–Trinajstić information content (AvgIpc) is 3.18. The zero-order valence-corrected chi connectivity index (χ0v) is 16.1. The van der Waals surface area contributed by atoms with Crippen LogP contribution in [0.5, 0.6) is 0 Å². The maximum atomic E-state index is 12.9. The van der Waals surface area contributed by atoms with E-state index in [9.17, 15) is 19.5 Å². The van der Waals surface area contributed by atoms with Crippen molar-refractivity contribution in [3.8, 4) is 0 Å². The maximum Gasteiger partial charge on any atom is 0.326 e. The van der Waals surface area contributed by atoms with Crippen LogP contribution in [0, 0.1) is 0 Å². The average molecular weight is 392 g/mol. The summed E-state index contributed by atoms with van der Waals surface area (Å²) in [5.74, 6) is -1.55. The van der Waals surface area contributed by atoms with E-state index in [1.807, 2.05) is 18.2 Å². The number of aliphatic carboxylic acids is 1. The lowest BCUT2D eigenvalue weighted by Gasteiger charge is -2.33. The number of carbonyl (C=O) groups is 3. The van der Waals surface area contributed by atoms with Gasteiger partial charge >= 0.3 is 5.97 Å². The molecule has 0 saturated carbocycles. The van der Waals surface area contributed by atoms with Crippen molar-refractivity contribution < 1.29 is 19.5 Å². The van der Waals surface area contributed by atoms with Crippen molar-refractivity contribution in [1.82, 2.24) is 4.90 Å². The summed E-state index contributed by atoms with van der Waals surface area (Å²) in [6, 6.07) is 14.0. The van der Waals surface area contributed by atoms with Gasteiger partial charge in [0.15, 0.2) is 0 Å². The summed E-state index contributed by atoms with van der Waals surface area (Å²) in [6.45, 7) is 0.436. The number of piperidine rings is 1. The molecule has 1 aliphatic heterocycles. The van der Waals surface area contributed by atoms with Gasteiger partial charge in [0.2, 0.25) is 5.91 Å². The molecule has 150 valence electrons. The van der Waals surface area contributed by atoms with Crippen LogP contribution in [0.1, 0.15) is 53.1 Å². The van der Waals surface area contributed by atoms with Crippen LogP contribution in [0.25, 0.3) is 0 Å². The first kappa shape index (κ1) is 19.2. The molecule has 6 heteroatoms. The lowest BCUT2D eigenvalue weighted by Crippen LogP contribution is -2.48. The molecular weight excluding hydrogens is 368 g/mol. The van der Waals surface area contributed by atoms with E-state index in [1.54, 1.807) is 24.3 Å². The molecule has 1 saturated heterocycles. The van der Waals surface area contributed by atoms with Gasteiger partial charge in [-0.1, -0.05) is 30.3 Å². The van der Waals surface area contributed by atoms with Gasteiger partial charge in [-0.15, -0.1) is 0 Å². The fourth-order valence-electron chi connectivity index (χ4n) is 4.39. The van der Waals surface area contributed by atoms with E-state index in [0.29, 0.717) is 24.2 Å². The molecule has 2 aromatic carbocycles. The van der Waals surface area contributed by atoms with Crippen LogP contribution in [0.3, 0.4) is 0 Å². The number of benzene rings is 2. The van der Waals surface area contributed by atoms with Gasteiger partial charge in [-0.3, -0.25) is 9.59 Å². The molecule has 2 atom stereocenters. The molecular formula is C23H24N2O4. The minimum Gasteiger partial charge on any atom is -0.480 e. The minimum atomic E-state index is -0.970. The van der Waals surface area contributed by atoms with Crippen molar-refractivity contribution >= 4 is 23.5 Å². The van der Waals surface area contributed by atoms with Crippen molar-refractivity contribution in [3.05, 3.63) is 65.2 Å². The van der Waals surface area contributed by atoms with E-state index in [1.165, 1.54) is 10.5 Å². The Morgan fingerprint density at radius 3 is 2.66 bits per heavy atom. The van der Waals surface area contributed by atoms with Gasteiger partial charge in [-0.25, -0.2) is 4.79 Å². The zero-order chi connectivity index (χ0) is 20.4. The standard InChI is InChI=1S/C23H24N2O4/c26-21(19-12-11-15-6-1-2-9-18(15)19)24-17-8-5-7-16(14-17)22(27)25-13-4-3-10-20(25)23(28)29/h1-2,5-9,14,19-20H,3-4,10-13H2,(H,24,26)(H,28,29). The smallest absolute Gasteiger partial charge is 0.326 e.